The van der Waals surface area contributed by atoms with Crippen molar-refractivity contribution in [2.24, 2.45) is 11.8 Å². The zero-order valence-electron chi connectivity index (χ0n) is 12.4. The second kappa shape index (κ2) is 5.13. The average Bonchev–Trinajstić information content (AvgIpc) is 2.68. The van der Waals surface area contributed by atoms with Crippen molar-refractivity contribution in [2.45, 2.75) is 83.0 Å². The lowest BCUT2D eigenvalue weighted by molar-refractivity contribution is 0.0381. The standard InChI is InChI=1S/C16H30N2/c1-11-5-4-6-12(2)16(11)18(3)15-9-13-7-8-14(10-15)17-13/h11-17H,4-10H2,1-3H3. The van der Waals surface area contributed by atoms with E-state index in [1.807, 2.05) is 0 Å². The molecular formula is C16H30N2. The fraction of sp³-hybridized carbons (Fsp3) is 1.00. The third-order valence-electron chi connectivity index (χ3n) is 5.98. The third kappa shape index (κ3) is 2.34. The molecule has 2 nitrogen and oxygen atoms in total. The summed E-state index contributed by atoms with van der Waals surface area (Å²) in [6.07, 6.45) is 9.96. The summed E-state index contributed by atoms with van der Waals surface area (Å²) < 4.78 is 0. The van der Waals surface area contributed by atoms with Gasteiger partial charge in [-0.2, -0.15) is 0 Å². The topological polar surface area (TPSA) is 15.3 Å². The fourth-order valence-electron chi connectivity index (χ4n) is 5.07. The van der Waals surface area contributed by atoms with Gasteiger partial charge in [0.25, 0.3) is 0 Å². The van der Waals surface area contributed by atoms with Crippen molar-refractivity contribution >= 4 is 0 Å². The van der Waals surface area contributed by atoms with E-state index in [0.717, 1.165) is 36.0 Å². The van der Waals surface area contributed by atoms with Crippen LogP contribution in [0.15, 0.2) is 0 Å². The fourth-order valence-corrected chi connectivity index (χ4v) is 5.07. The minimum atomic E-state index is 0.824. The number of fused-ring (bicyclic) bond motifs is 2. The van der Waals surface area contributed by atoms with Crippen molar-refractivity contribution in [1.29, 1.82) is 0 Å². The monoisotopic (exact) mass is 250 g/mol. The number of hydrogen-bond acceptors (Lipinski definition) is 2. The highest BCUT2D eigenvalue weighted by atomic mass is 15.2. The highest BCUT2D eigenvalue weighted by molar-refractivity contribution is 4.97. The zero-order valence-corrected chi connectivity index (χ0v) is 12.4. The first-order chi connectivity index (χ1) is 8.65. The summed E-state index contributed by atoms with van der Waals surface area (Å²) in [6, 6.07) is 3.33. The minimum absolute atomic E-state index is 0.824. The van der Waals surface area contributed by atoms with Gasteiger partial charge in [0, 0.05) is 24.2 Å². The average molecular weight is 250 g/mol. The van der Waals surface area contributed by atoms with Crippen LogP contribution in [0.25, 0.3) is 0 Å². The molecule has 0 aromatic carbocycles. The molecule has 2 bridgehead atoms. The maximum atomic E-state index is 3.77. The number of rotatable bonds is 2. The molecule has 1 saturated carbocycles. The number of piperidine rings is 1. The molecule has 2 saturated heterocycles. The van der Waals surface area contributed by atoms with Crippen LogP contribution < -0.4 is 5.32 Å². The van der Waals surface area contributed by atoms with Crippen LogP contribution in [0, 0.1) is 11.8 Å². The van der Waals surface area contributed by atoms with Crippen molar-refractivity contribution in [1.82, 2.24) is 10.2 Å². The highest BCUT2D eigenvalue weighted by Crippen LogP contribution is 2.36. The van der Waals surface area contributed by atoms with Gasteiger partial charge in [0.2, 0.25) is 0 Å². The predicted molar refractivity (Wildman–Crippen MR) is 76.7 cm³/mol. The van der Waals surface area contributed by atoms with Crippen molar-refractivity contribution in [2.75, 3.05) is 7.05 Å². The first-order valence-corrected chi connectivity index (χ1v) is 8.13. The molecule has 18 heavy (non-hydrogen) atoms. The van der Waals surface area contributed by atoms with Crippen LogP contribution in [0.1, 0.15) is 58.8 Å². The second-order valence-corrected chi connectivity index (χ2v) is 7.30. The molecule has 3 rings (SSSR count). The summed E-state index contributed by atoms with van der Waals surface area (Å²) in [4.78, 5) is 2.78. The highest BCUT2D eigenvalue weighted by Gasteiger charge is 2.39. The van der Waals surface area contributed by atoms with Crippen molar-refractivity contribution in [3.63, 3.8) is 0 Å². The lowest BCUT2D eigenvalue weighted by Crippen LogP contribution is -2.54. The lowest BCUT2D eigenvalue weighted by atomic mass is 9.77. The van der Waals surface area contributed by atoms with Gasteiger partial charge in [0.15, 0.2) is 0 Å². The Morgan fingerprint density at radius 3 is 2.00 bits per heavy atom. The van der Waals surface area contributed by atoms with Gasteiger partial charge in [-0.05, 0) is 57.4 Å². The Bertz CT molecular complexity index is 269. The van der Waals surface area contributed by atoms with Gasteiger partial charge in [-0.1, -0.05) is 20.3 Å². The predicted octanol–water partition coefficient (Wildman–Crippen LogP) is 3.03. The van der Waals surface area contributed by atoms with E-state index in [-0.39, 0.29) is 0 Å². The van der Waals surface area contributed by atoms with Gasteiger partial charge < -0.3 is 5.32 Å². The molecule has 0 spiro atoms. The SMILES string of the molecule is CC1CCCC(C)C1N(C)C1CC2CCC(C1)N2. The van der Waals surface area contributed by atoms with E-state index in [4.69, 9.17) is 0 Å². The summed E-state index contributed by atoms with van der Waals surface area (Å²) in [5.74, 6) is 1.79. The first kappa shape index (κ1) is 12.9. The zero-order chi connectivity index (χ0) is 12.7. The Morgan fingerprint density at radius 2 is 1.44 bits per heavy atom. The number of nitrogens with one attached hydrogen (secondary N) is 1. The Morgan fingerprint density at radius 1 is 0.889 bits per heavy atom. The summed E-state index contributed by atoms with van der Waals surface area (Å²) in [7, 11) is 2.42. The van der Waals surface area contributed by atoms with Crippen LogP contribution in [0.5, 0.6) is 0 Å². The summed E-state index contributed by atoms with van der Waals surface area (Å²) >= 11 is 0. The van der Waals surface area contributed by atoms with Crippen molar-refractivity contribution in [3.05, 3.63) is 0 Å². The molecule has 3 fully saturated rings. The molecule has 2 aliphatic heterocycles. The van der Waals surface area contributed by atoms with Crippen LogP contribution in [-0.4, -0.2) is 36.1 Å². The second-order valence-electron chi connectivity index (χ2n) is 7.30. The molecular weight excluding hydrogens is 220 g/mol. The van der Waals surface area contributed by atoms with E-state index < -0.39 is 0 Å². The largest absolute Gasteiger partial charge is 0.311 e. The van der Waals surface area contributed by atoms with Crippen LogP contribution in [0.4, 0.5) is 0 Å². The quantitative estimate of drug-likeness (QED) is 0.810. The molecule has 0 aromatic rings. The van der Waals surface area contributed by atoms with Gasteiger partial charge in [-0.3, -0.25) is 4.90 Å². The Hall–Kier alpha value is -0.0800. The smallest absolute Gasteiger partial charge is 0.0146 e. The van der Waals surface area contributed by atoms with E-state index in [1.54, 1.807) is 0 Å². The Labute approximate surface area is 113 Å². The van der Waals surface area contributed by atoms with Gasteiger partial charge in [0.05, 0.1) is 0 Å². The van der Waals surface area contributed by atoms with E-state index in [2.05, 4.69) is 31.1 Å². The van der Waals surface area contributed by atoms with Gasteiger partial charge >= 0.3 is 0 Å². The molecule has 2 heterocycles. The van der Waals surface area contributed by atoms with Crippen LogP contribution in [0.2, 0.25) is 0 Å². The molecule has 4 unspecified atom stereocenters. The molecule has 2 heteroatoms. The normalized spacial score (nSPS) is 48.7. The van der Waals surface area contributed by atoms with E-state index in [1.165, 1.54) is 44.9 Å². The molecule has 0 radical (unpaired) electrons. The summed E-state index contributed by atoms with van der Waals surface area (Å²) in [6.45, 7) is 4.96. The van der Waals surface area contributed by atoms with Gasteiger partial charge in [-0.15, -0.1) is 0 Å². The minimum Gasteiger partial charge on any atom is -0.311 e. The maximum Gasteiger partial charge on any atom is 0.0146 e. The van der Waals surface area contributed by atoms with Crippen molar-refractivity contribution in [3.8, 4) is 0 Å². The van der Waals surface area contributed by atoms with Crippen LogP contribution >= 0.6 is 0 Å². The van der Waals surface area contributed by atoms with Gasteiger partial charge in [-0.25, -0.2) is 0 Å². The molecule has 0 aromatic heterocycles. The molecule has 104 valence electrons. The van der Waals surface area contributed by atoms with E-state index in [0.29, 0.717) is 0 Å². The molecule has 4 atom stereocenters. The summed E-state index contributed by atoms with van der Waals surface area (Å²) in [5.41, 5.74) is 0. The van der Waals surface area contributed by atoms with E-state index in [9.17, 15) is 0 Å². The molecule has 1 N–H and O–H groups in total. The lowest BCUT2D eigenvalue weighted by Gasteiger charge is -2.46. The molecule has 0 amide bonds. The molecule has 1 aliphatic carbocycles. The third-order valence-corrected chi connectivity index (χ3v) is 5.98. The maximum absolute atomic E-state index is 3.77. The van der Waals surface area contributed by atoms with Crippen LogP contribution in [0.3, 0.4) is 0 Å². The first-order valence-electron chi connectivity index (χ1n) is 8.13. The number of nitrogens with zero attached hydrogens (tertiary/aromatic N) is 1. The van der Waals surface area contributed by atoms with Gasteiger partial charge in [0.1, 0.15) is 0 Å². The number of hydrogen-bond donors (Lipinski definition) is 1. The van der Waals surface area contributed by atoms with Crippen molar-refractivity contribution < 1.29 is 0 Å². The van der Waals surface area contributed by atoms with Crippen LogP contribution in [-0.2, 0) is 0 Å². The van der Waals surface area contributed by atoms with E-state index >= 15 is 0 Å². The molecule has 3 aliphatic rings. The Balaban J connectivity index is 1.67. The Kier molecular flexibility index (Phi) is 3.68. The summed E-state index contributed by atoms with van der Waals surface area (Å²) in [5, 5.41) is 3.77.